The van der Waals surface area contributed by atoms with Crippen LogP contribution in [-0.2, 0) is 4.79 Å². The van der Waals surface area contributed by atoms with Gasteiger partial charge in [0.15, 0.2) is 0 Å². The first-order valence-corrected chi connectivity index (χ1v) is 7.78. The van der Waals surface area contributed by atoms with Crippen molar-refractivity contribution in [2.24, 2.45) is 11.7 Å². The van der Waals surface area contributed by atoms with Gasteiger partial charge >= 0.3 is 0 Å². The Balaban J connectivity index is 0.00000220. The minimum atomic E-state index is 0. The van der Waals surface area contributed by atoms with E-state index in [-0.39, 0.29) is 24.4 Å². The largest absolute Gasteiger partial charge is 0.492 e. The summed E-state index contributed by atoms with van der Waals surface area (Å²) in [4.78, 5) is 11.8. The van der Waals surface area contributed by atoms with E-state index in [0.29, 0.717) is 25.5 Å². The van der Waals surface area contributed by atoms with E-state index in [0.717, 1.165) is 15.8 Å². The van der Waals surface area contributed by atoms with Crippen LogP contribution in [0, 0.1) is 12.8 Å². The van der Waals surface area contributed by atoms with E-state index >= 15 is 0 Å². The normalized spacial score (nSPS) is 15.0. The van der Waals surface area contributed by atoms with E-state index in [2.05, 4.69) is 21.2 Å². The molecule has 1 saturated carbocycles. The van der Waals surface area contributed by atoms with Gasteiger partial charge in [-0.25, -0.2) is 0 Å². The van der Waals surface area contributed by atoms with Gasteiger partial charge in [-0.05, 0) is 59.3 Å². The lowest BCUT2D eigenvalue weighted by atomic mass is 10.2. The quantitative estimate of drug-likeness (QED) is 0.768. The lowest BCUT2D eigenvalue weighted by molar-refractivity contribution is -0.122. The molecule has 1 aliphatic carbocycles. The molecule has 1 amide bonds. The Morgan fingerprint density at radius 1 is 1.52 bits per heavy atom. The maximum atomic E-state index is 11.8. The van der Waals surface area contributed by atoms with Crippen molar-refractivity contribution < 1.29 is 9.53 Å². The number of nitrogens with two attached hydrogens (primary N) is 1. The molecule has 1 aromatic carbocycles. The van der Waals surface area contributed by atoms with E-state index < -0.39 is 0 Å². The van der Waals surface area contributed by atoms with Crippen LogP contribution in [0.25, 0.3) is 0 Å². The molecule has 0 aromatic heterocycles. The van der Waals surface area contributed by atoms with Crippen LogP contribution in [-0.4, -0.2) is 25.1 Å². The van der Waals surface area contributed by atoms with Crippen molar-refractivity contribution >= 4 is 34.2 Å². The SMILES string of the molecule is Cc1ccc(OCCC(=O)NC(CN)C2CC2)c(Br)c1.Cl. The van der Waals surface area contributed by atoms with Crippen molar-refractivity contribution in [1.82, 2.24) is 5.32 Å². The Labute approximate surface area is 140 Å². The summed E-state index contributed by atoms with van der Waals surface area (Å²) >= 11 is 3.45. The van der Waals surface area contributed by atoms with Crippen LogP contribution in [0.2, 0.25) is 0 Å². The van der Waals surface area contributed by atoms with Crippen LogP contribution in [0.4, 0.5) is 0 Å². The average molecular weight is 378 g/mol. The van der Waals surface area contributed by atoms with Crippen molar-refractivity contribution in [3.63, 3.8) is 0 Å². The molecule has 1 fully saturated rings. The standard InChI is InChI=1S/C15H21BrN2O2.ClH/c1-10-2-5-14(12(16)8-10)20-7-6-15(19)18-13(9-17)11-3-4-11;/h2,5,8,11,13H,3-4,6-7,9,17H2,1H3,(H,18,19);1H. The molecule has 0 heterocycles. The number of amides is 1. The molecule has 3 N–H and O–H groups in total. The van der Waals surface area contributed by atoms with E-state index in [1.165, 1.54) is 12.8 Å². The molecule has 21 heavy (non-hydrogen) atoms. The van der Waals surface area contributed by atoms with E-state index in [4.69, 9.17) is 10.5 Å². The summed E-state index contributed by atoms with van der Waals surface area (Å²) in [5, 5.41) is 2.98. The molecule has 0 aliphatic heterocycles. The van der Waals surface area contributed by atoms with Crippen molar-refractivity contribution in [3.05, 3.63) is 28.2 Å². The summed E-state index contributed by atoms with van der Waals surface area (Å²) in [6.45, 7) is 2.91. The van der Waals surface area contributed by atoms with Gasteiger partial charge in [0, 0.05) is 12.6 Å². The zero-order valence-corrected chi connectivity index (χ0v) is 14.5. The number of carbonyl (C=O) groups is 1. The predicted octanol–water partition coefficient (Wildman–Crippen LogP) is 2.80. The van der Waals surface area contributed by atoms with Gasteiger partial charge in [0.25, 0.3) is 0 Å². The van der Waals surface area contributed by atoms with Gasteiger partial charge in [-0.3, -0.25) is 4.79 Å². The molecule has 6 heteroatoms. The maximum absolute atomic E-state index is 11.8. The molecule has 1 aliphatic rings. The van der Waals surface area contributed by atoms with Gasteiger partial charge in [-0.2, -0.15) is 0 Å². The number of benzene rings is 1. The smallest absolute Gasteiger partial charge is 0.223 e. The molecule has 0 saturated heterocycles. The van der Waals surface area contributed by atoms with Gasteiger partial charge in [0.05, 0.1) is 17.5 Å². The van der Waals surface area contributed by atoms with Crippen LogP contribution in [0.3, 0.4) is 0 Å². The number of nitrogens with one attached hydrogen (secondary N) is 1. The van der Waals surface area contributed by atoms with Gasteiger partial charge in [-0.1, -0.05) is 6.07 Å². The van der Waals surface area contributed by atoms with Crippen LogP contribution >= 0.6 is 28.3 Å². The molecule has 1 unspecified atom stereocenters. The number of carbonyl (C=O) groups excluding carboxylic acids is 1. The van der Waals surface area contributed by atoms with Gasteiger partial charge < -0.3 is 15.8 Å². The third-order valence-corrected chi connectivity index (χ3v) is 4.09. The molecule has 118 valence electrons. The average Bonchev–Trinajstić information content (AvgIpc) is 3.23. The van der Waals surface area contributed by atoms with Crippen molar-refractivity contribution in [1.29, 1.82) is 0 Å². The lowest BCUT2D eigenvalue weighted by Gasteiger charge is -2.16. The molecule has 1 atom stereocenters. The highest BCUT2D eigenvalue weighted by atomic mass is 79.9. The highest BCUT2D eigenvalue weighted by molar-refractivity contribution is 9.10. The Kier molecular flexibility index (Phi) is 7.49. The summed E-state index contributed by atoms with van der Waals surface area (Å²) in [5.41, 5.74) is 6.83. The lowest BCUT2D eigenvalue weighted by Crippen LogP contribution is -2.42. The first-order chi connectivity index (χ1) is 9.60. The van der Waals surface area contributed by atoms with Crippen LogP contribution < -0.4 is 15.8 Å². The number of halogens is 2. The number of aryl methyl sites for hydroxylation is 1. The molecule has 0 bridgehead atoms. The van der Waals surface area contributed by atoms with Gasteiger partial charge in [0.2, 0.25) is 5.91 Å². The summed E-state index contributed by atoms with van der Waals surface area (Å²) in [7, 11) is 0. The zero-order chi connectivity index (χ0) is 14.5. The first kappa shape index (κ1) is 18.3. The Morgan fingerprint density at radius 3 is 2.81 bits per heavy atom. The molecule has 2 rings (SSSR count). The first-order valence-electron chi connectivity index (χ1n) is 6.98. The molecule has 0 radical (unpaired) electrons. The van der Waals surface area contributed by atoms with Crippen molar-refractivity contribution in [2.75, 3.05) is 13.2 Å². The second-order valence-electron chi connectivity index (χ2n) is 5.28. The van der Waals surface area contributed by atoms with Crippen LogP contribution in [0.1, 0.15) is 24.8 Å². The van der Waals surface area contributed by atoms with E-state index in [1.54, 1.807) is 0 Å². The highest BCUT2D eigenvalue weighted by Gasteiger charge is 2.31. The fourth-order valence-corrected chi connectivity index (χ4v) is 2.73. The van der Waals surface area contributed by atoms with Crippen LogP contribution in [0.5, 0.6) is 5.75 Å². The number of hydrogen-bond acceptors (Lipinski definition) is 3. The van der Waals surface area contributed by atoms with Gasteiger partial charge in [0.1, 0.15) is 5.75 Å². The fraction of sp³-hybridized carbons (Fsp3) is 0.533. The van der Waals surface area contributed by atoms with Gasteiger partial charge in [-0.15, -0.1) is 12.4 Å². The van der Waals surface area contributed by atoms with Crippen molar-refractivity contribution in [3.8, 4) is 5.75 Å². The fourth-order valence-electron chi connectivity index (χ4n) is 2.12. The molecule has 0 spiro atoms. The Morgan fingerprint density at radius 2 is 2.24 bits per heavy atom. The third-order valence-electron chi connectivity index (χ3n) is 3.47. The summed E-state index contributed by atoms with van der Waals surface area (Å²) in [6, 6.07) is 6.02. The molecule has 4 nitrogen and oxygen atoms in total. The highest BCUT2D eigenvalue weighted by Crippen LogP contribution is 2.32. The Hall–Kier alpha value is -0.780. The second-order valence-corrected chi connectivity index (χ2v) is 6.13. The minimum absolute atomic E-state index is 0. The third kappa shape index (κ3) is 5.85. The monoisotopic (exact) mass is 376 g/mol. The maximum Gasteiger partial charge on any atom is 0.223 e. The summed E-state index contributed by atoms with van der Waals surface area (Å²) < 4.78 is 6.53. The summed E-state index contributed by atoms with van der Waals surface area (Å²) in [6.07, 6.45) is 2.70. The number of rotatable bonds is 7. The van der Waals surface area contributed by atoms with Crippen molar-refractivity contribution in [2.45, 2.75) is 32.2 Å². The van der Waals surface area contributed by atoms with Crippen LogP contribution in [0.15, 0.2) is 22.7 Å². The zero-order valence-electron chi connectivity index (χ0n) is 12.1. The Bertz CT molecular complexity index is 481. The topological polar surface area (TPSA) is 64.3 Å². The number of hydrogen-bond donors (Lipinski definition) is 2. The molecular weight excluding hydrogens is 356 g/mol. The van der Waals surface area contributed by atoms with E-state index in [9.17, 15) is 4.79 Å². The number of ether oxygens (including phenoxy) is 1. The molecule has 1 aromatic rings. The summed E-state index contributed by atoms with van der Waals surface area (Å²) in [5.74, 6) is 1.35. The van der Waals surface area contributed by atoms with E-state index in [1.807, 2.05) is 25.1 Å². The molecular formula is C15H22BrClN2O2. The minimum Gasteiger partial charge on any atom is -0.492 e. The second kappa shape index (κ2) is 8.61. The predicted molar refractivity (Wildman–Crippen MR) is 89.9 cm³/mol.